The van der Waals surface area contributed by atoms with Crippen molar-refractivity contribution in [2.45, 2.75) is 38.0 Å². The molecule has 2 heterocycles. The molecular formula is C23H28ClN3O3. The molecule has 2 aromatic carbocycles. The first kappa shape index (κ1) is 21.0. The summed E-state index contributed by atoms with van der Waals surface area (Å²) in [5.41, 5.74) is 9.57. The quantitative estimate of drug-likeness (QED) is 0.791. The van der Waals surface area contributed by atoms with Crippen molar-refractivity contribution in [2.24, 2.45) is 5.73 Å². The second kappa shape index (κ2) is 8.84. The Morgan fingerprint density at radius 2 is 1.87 bits per heavy atom. The Bertz CT molecular complexity index is 936. The first-order valence-corrected chi connectivity index (χ1v) is 10.6. The van der Waals surface area contributed by atoms with Crippen molar-refractivity contribution >= 4 is 17.5 Å². The van der Waals surface area contributed by atoms with Gasteiger partial charge in [-0.2, -0.15) is 0 Å². The predicted molar refractivity (Wildman–Crippen MR) is 117 cm³/mol. The van der Waals surface area contributed by atoms with Gasteiger partial charge in [0.15, 0.2) is 11.5 Å². The molecule has 4 rings (SSSR count). The van der Waals surface area contributed by atoms with Crippen LogP contribution >= 0.6 is 11.6 Å². The Balaban J connectivity index is 1.51. The summed E-state index contributed by atoms with van der Waals surface area (Å²) in [7, 11) is 3.27. The van der Waals surface area contributed by atoms with Crippen LogP contribution in [-0.4, -0.2) is 55.1 Å². The lowest BCUT2D eigenvalue weighted by Gasteiger charge is -2.34. The number of nitrogens with two attached hydrogens (primary N) is 1. The first-order chi connectivity index (χ1) is 14.5. The Morgan fingerprint density at radius 3 is 2.57 bits per heavy atom. The highest BCUT2D eigenvalue weighted by Crippen LogP contribution is 2.34. The van der Waals surface area contributed by atoms with Gasteiger partial charge in [-0.1, -0.05) is 29.8 Å². The Morgan fingerprint density at radius 1 is 1.17 bits per heavy atom. The van der Waals surface area contributed by atoms with Gasteiger partial charge in [-0.15, -0.1) is 0 Å². The molecule has 0 saturated carbocycles. The molecule has 2 aliphatic rings. The summed E-state index contributed by atoms with van der Waals surface area (Å²) in [6.07, 6.45) is 1.46. The highest BCUT2D eigenvalue weighted by molar-refractivity contribution is 6.31. The first-order valence-electron chi connectivity index (χ1n) is 10.3. The molecule has 0 aliphatic carbocycles. The fourth-order valence-electron chi connectivity index (χ4n) is 4.50. The van der Waals surface area contributed by atoms with Gasteiger partial charge in [0, 0.05) is 37.2 Å². The minimum Gasteiger partial charge on any atom is -0.493 e. The van der Waals surface area contributed by atoms with Crippen LogP contribution in [0, 0.1) is 0 Å². The average Bonchev–Trinajstić information content (AvgIpc) is 3.13. The van der Waals surface area contributed by atoms with Crippen molar-refractivity contribution < 1.29 is 14.3 Å². The Kier molecular flexibility index (Phi) is 6.18. The third-order valence-corrected chi connectivity index (χ3v) is 6.45. The number of carbonyl (C=O) groups excluding carboxylic acids is 1. The number of likely N-dealkylation sites (tertiary alicyclic amines) is 1. The van der Waals surface area contributed by atoms with Crippen LogP contribution in [0.4, 0.5) is 0 Å². The third-order valence-electron chi connectivity index (χ3n) is 6.08. The molecule has 0 unspecified atom stereocenters. The van der Waals surface area contributed by atoms with E-state index in [-0.39, 0.29) is 18.0 Å². The second-order valence-corrected chi connectivity index (χ2v) is 8.43. The summed E-state index contributed by atoms with van der Waals surface area (Å²) in [6, 6.07) is 11.5. The number of rotatable bonds is 5. The molecule has 7 heteroatoms. The standard InChI is InChI=1S/C23H28ClN3O3/c1-29-21-9-15-7-8-26(13-17(15)10-22(21)30-2)23(28)20-11-18(25)14-27(20)12-16-5-3-4-6-19(16)24/h3-6,9-10,18,20H,7-8,11-14,25H2,1-2H3/t18-,20-/m0/s1. The molecule has 2 atom stereocenters. The average molecular weight is 430 g/mol. The smallest absolute Gasteiger partial charge is 0.240 e. The zero-order chi connectivity index (χ0) is 21.3. The summed E-state index contributed by atoms with van der Waals surface area (Å²) < 4.78 is 10.9. The summed E-state index contributed by atoms with van der Waals surface area (Å²) in [5.74, 6) is 1.55. The second-order valence-electron chi connectivity index (χ2n) is 8.02. The molecule has 2 aliphatic heterocycles. The number of hydrogen-bond donors (Lipinski definition) is 1. The topological polar surface area (TPSA) is 68.0 Å². The van der Waals surface area contributed by atoms with E-state index in [1.54, 1.807) is 14.2 Å². The highest BCUT2D eigenvalue weighted by Gasteiger charge is 2.38. The fourth-order valence-corrected chi connectivity index (χ4v) is 4.69. The van der Waals surface area contributed by atoms with Gasteiger partial charge in [0.1, 0.15) is 0 Å². The molecular weight excluding hydrogens is 402 g/mol. The van der Waals surface area contributed by atoms with E-state index >= 15 is 0 Å². The van der Waals surface area contributed by atoms with Crippen LogP contribution < -0.4 is 15.2 Å². The maximum absolute atomic E-state index is 13.5. The zero-order valence-corrected chi connectivity index (χ0v) is 18.2. The number of ether oxygens (including phenoxy) is 2. The number of fused-ring (bicyclic) bond motifs is 1. The van der Waals surface area contributed by atoms with Gasteiger partial charge < -0.3 is 20.1 Å². The lowest BCUT2D eigenvalue weighted by Crippen LogP contribution is -2.47. The molecule has 6 nitrogen and oxygen atoms in total. The van der Waals surface area contributed by atoms with Gasteiger partial charge in [0.2, 0.25) is 5.91 Å². The molecule has 1 saturated heterocycles. The van der Waals surface area contributed by atoms with Crippen LogP contribution in [-0.2, 0) is 24.3 Å². The van der Waals surface area contributed by atoms with Crippen molar-refractivity contribution in [1.29, 1.82) is 0 Å². The number of methoxy groups -OCH3 is 2. The van der Waals surface area contributed by atoms with Gasteiger partial charge in [0.05, 0.1) is 20.3 Å². The van der Waals surface area contributed by atoms with E-state index in [1.165, 1.54) is 5.56 Å². The van der Waals surface area contributed by atoms with Gasteiger partial charge in [0.25, 0.3) is 0 Å². The van der Waals surface area contributed by atoms with Crippen LogP contribution in [0.5, 0.6) is 11.5 Å². The molecule has 1 fully saturated rings. The van der Waals surface area contributed by atoms with Gasteiger partial charge >= 0.3 is 0 Å². The predicted octanol–water partition coefficient (Wildman–Crippen LogP) is 2.84. The normalized spacial score (nSPS) is 21.4. The minimum absolute atomic E-state index is 0.0112. The van der Waals surface area contributed by atoms with Crippen molar-refractivity contribution in [3.63, 3.8) is 0 Å². The summed E-state index contributed by atoms with van der Waals surface area (Å²) in [5, 5.41) is 0.720. The van der Waals surface area contributed by atoms with E-state index < -0.39 is 0 Å². The molecule has 0 aromatic heterocycles. The maximum atomic E-state index is 13.5. The molecule has 160 valence electrons. The monoisotopic (exact) mass is 429 g/mol. The maximum Gasteiger partial charge on any atom is 0.240 e. The Hall–Kier alpha value is -2.28. The zero-order valence-electron chi connectivity index (χ0n) is 17.4. The molecule has 2 N–H and O–H groups in total. The number of benzene rings is 2. The number of nitrogens with zero attached hydrogens (tertiary/aromatic N) is 2. The molecule has 30 heavy (non-hydrogen) atoms. The highest BCUT2D eigenvalue weighted by atomic mass is 35.5. The molecule has 1 amide bonds. The fraction of sp³-hybridized carbons (Fsp3) is 0.435. The summed E-state index contributed by atoms with van der Waals surface area (Å²) in [4.78, 5) is 17.6. The van der Waals surface area contributed by atoms with Crippen LogP contribution in [0.3, 0.4) is 0 Å². The van der Waals surface area contributed by atoms with E-state index in [1.807, 2.05) is 41.3 Å². The van der Waals surface area contributed by atoms with Crippen LogP contribution in [0.1, 0.15) is 23.1 Å². The van der Waals surface area contributed by atoms with Crippen molar-refractivity contribution in [3.05, 3.63) is 58.1 Å². The van der Waals surface area contributed by atoms with Crippen LogP contribution in [0.25, 0.3) is 0 Å². The van der Waals surface area contributed by atoms with E-state index in [2.05, 4.69) is 4.90 Å². The van der Waals surface area contributed by atoms with Crippen LogP contribution in [0.15, 0.2) is 36.4 Å². The van der Waals surface area contributed by atoms with Crippen molar-refractivity contribution in [2.75, 3.05) is 27.3 Å². The van der Waals surface area contributed by atoms with E-state index in [0.717, 1.165) is 28.3 Å². The largest absolute Gasteiger partial charge is 0.493 e. The number of carbonyl (C=O) groups is 1. The Labute approximate surface area is 182 Å². The van der Waals surface area contributed by atoms with Gasteiger partial charge in [-0.3, -0.25) is 9.69 Å². The van der Waals surface area contributed by atoms with Crippen molar-refractivity contribution in [3.8, 4) is 11.5 Å². The molecule has 0 spiro atoms. The minimum atomic E-state index is -0.224. The lowest BCUT2D eigenvalue weighted by atomic mass is 9.98. The SMILES string of the molecule is COc1cc2c(cc1OC)CN(C(=O)[C@@H]1C[C@H](N)CN1Cc1ccccc1Cl)CC2. The summed E-state index contributed by atoms with van der Waals surface area (Å²) >= 11 is 6.35. The van der Waals surface area contributed by atoms with Crippen LogP contribution in [0.2, 0.25) is 5.02 Å². The molecule has 2 aromatic rings. The number of amides is 1. The summed E-state index contributed by atoms with van der Waals surface area (Å²) in [6.45, 7) is 2.57. The van der Waals surface area contributed by atoms with Crippen molar-refractivity contribution in [1.82, 2.24) is 9.80 Å². The number of hydrogen-bond acceptors (Lipinski definition) is 5. The van der Waals surface area contributed by atoms with Gasteiger partial charge in [-0.25, -0.2) is 0 Å². The van der Waals surface area contributed by atoms with E-state index in [0.29, 0.717) is 38.3 Å². The third kappa shape index (κ3) is 4.13. The van der Waals surface area contributed by atoms with E-state index in [9.17, 15) is 4.79 Å². The molecule has 0 bridgehead atoms. The van der Waals surface area contributed by atoms with Gasteiger partial charge in [-0.05, 0) is 47.7 Å². The molecule has 0 radical (unpaired) electrons. The lowest BCUT2D eigenvalue weighted by molar-refractivity contribution is -0.137. The van der Waals surface area contributed by atoms with E-state index in [4.69, 9.17) is 26.8 Å². The number of halogens is 1.